The van der Waals surface area contributed by atoms with Crippen molar-refractivity contribution >= 4 is 44.3 Å². The molecule has 0 saturated carbocycles. The standard InChI is InChI=1S/C39H28O7.2K/c40-38(41)30-8-4-24(5-9-30)21-44-32-18-26(19-33(20-32)45-22-25-6-10-31(11-7-25)39(42)43)23-46-35-17-15-29-13-12-27-2-1-3-28-14-16-34(35)37(29)36(27)28;;/h1-20H,21-23H2,(H,40,41)(H,42,43);;/q;2*+1/p-2. The van der Waals surface area contributed by atoms with Crippen molar-refractivity contribution in [2.45, 2.75) is 19.8 Å². The van der Waals surface area contributed by atoms with E-state index in [2.05, 4.69) is 48.5 Å². The first kappa shape index (κ1) is 36.5. The van der Waals surface area contributed by atoms with Gasteiger partial charge in [-0.15, -0.1) is 0 Å². The summed E-state index contributed by atoms with van der Waals surface area (Å²) in [6, 6.07) is 37.1. The van der Waals surface area contributed by atoms with Crippen molar-refractivity contribution in [1.82, 2.24) is 0 Å². The molecule has 226 valence electrons. The molecule has 7 aromatic rings. The van der Waals surface area contributed by atoms with Crippen LogP contribution in [0.3, 0.4) is 0 Å². The molecule has 0 spiro atoms. The second kappa shape index (κ2) is 16.3. The van der Waals surface area contributed by atoms with Gasteiger partial charge < -0.3 is 34.0 Å². The number of benzene rings is 7. The summed E-state index contributed by atoms with van der Waals surface area (Å²) in [4.78, 5) is 22.2. The number of carboxylic acid groups (broad SMARTS) is 2. The van der Waals surface area contributed by atoms with Gasteiger partial charge in [-0.25, -0.2) is 0 Å². The smallest absolute Gasteiger partial charge is 0.545 e. The van der Waals surface area contributed by atoms with Gasteiger partial charge in [-0.1, -0.05) is 91.0 Å². The third kappa shape index (κ3) is 8.14. The molecular weight excluding hydrogens is 659 g/mol. The normalized spacial score (nSPS) is 10.8. The van der Waals surface area contributed by atoms with Crippen LogP contribution < -0.4 is 127 Å². The summed E-state index contributed by atoms with van der Waals surface area (Å²) in [6.45, 7) is 0.658. The summed E-state index contributed by atoms with van der Waals surface area (Å²) in [5.41, 5.74) is 2.58. The molecular formula is C39H26K2O7. The van der Waals surface area contributed by atoms with Gasteiger partial charge in [0.05, 0.1) is 11.9 Å². The average Bonchev–Trinajstić information content (AvgIpc) is 3.08. The first-order chi connectivity index (χ1) is 22.4. The molecule has 0 amide bonds. The van der Waals surface area contributed by atoms with Crippen molar-refractivity contribution < 1.29 is 137 Å². The van der Waals surface area contributed by atoms with Crippen molar-refractivity contribution in [2.24, 2.45) is 0 Å². The Hall–Kier alpha value is -2.81. The van der Waals surface area contributed by atoms with E-state index in [0.717, 1.165) is 33.2 Å². The Kier molecular flexibility index (Phi) is 12.4. The zero-order chi connectivity index (χ0) is 31.6. The fourth-order valence-corrected chi connectivity index (χ4v) is 5.68. The van der Waals surface area contributed by atoms with Gasteiger partial charge in [0.2, 0.25) is 0 Å². The molecule has 0 unspecified atom stereocenters. The van der Waals surface area contributed by atoms with E-state index in [9.17, 15) is 19.8 Å². The van der Waals surface area contributed by atoms with Gasteiger partial charge in [0.15, 0.2) is 0 Å². The fraction of sp³-hybridized carbons (Fsp3) is 0.0769. The minimum absolute atomic E-state index is 0. The third-order valence-electron chi connectivity index (χ3n) is 8.01. The molecule has 0 aliphatic rings. The zero-order valence-corrected chi connectivity index (χ0v) is 32.8. The van der Waals surface area contributed by atoms with Gasteiger partial charge >= 0.3 is 103 Å². The zero-order valence-electron chi connectivity index (χ0n) is 26.5. The fourth-order valence-electron chi connectivity index (χ4n) is 5.68. The largest absolute Gasteiger partial charge is 1.00 e. The Labute approximate surface area is 362 Å². The Bertz CT molecular complexity index is 2120. The maximum absolute atomic E-state index is 11.1. The molecule has 0 atom stereocenters. The van der Waals surface area contributed by atoms with Gasteiger partial charge in [-0.3, -0.25) is 0 Å². The number of hydrogen-bond acceptors (Lipinski definition) is 7. The van der Waals surface area contributed by atoms with Gasteiger partial charge in [-0.05, 0) is 73.6 Å². The average molecular weight is 685 g/mol. The van der Waals surface area contributed by atoms with Crippen LogP contribution in [0.4, 0.5) is 0 Å². The van der Waals surface area contributed by atoms with Gasteiger partial charge in [-0.2, -0.15) is 0 Å². The van der Waals surface area contributed by atoms with Crippen molar-refractivity contribution in [3.63, 3.8) is 0 Å². The summed E-state index contributed by atoms with van der Waals surface area (Å²) in [5, 5.41) is 29.1. The molecule has 0 bridgehead atoms. The van der Waals surface area contributed by atoms with Crippen LogP contribution >= 0.6 is 0 Å². The van der Waals surface area contributed by atoms with E-state index in [-0.39, 0.29) is 134 Å². The van der Waals surface area contributed by atoms with Crippen molar-refractivity contribution in [2.75, 3.05) is 0 Å². The molecule has 7 aromatic carbocycles. The molecule has 0 radical (unpaired) electrons. The molecule has 7 rings (SSSR count). The number of aromatic carboxylic acids is 2. The predicted octanol–water partition coefficient (Wildman–Crippen LogP) is 0.0560. The minimum Gasteiger partial charge on any atom is -0.545 e. The van der Waals surface area contributed by atoms with Gasteiger partial charge in [0.1, 0.15) is 37.1 Å². The quantitative estimate of drug-likeness (QED) is 0.140. The van der Waals surface area contributed by atoms with E-state index in [1.807, 2.05) is 18.2 Å². The predicted molar refractivity (Wildman–Crippen MR) is 171 cm³/mol. The van der Waals surface area contributed by atoms with Crippen LogP contribution in [0.15, 0.2) is 121 Å². The molecule has 0 fully saturated rings. The maximum atomic E-state index is 11.1. The van der Waals surface area contributed by atoms with Crippen molar-refractivity contribution in [3.8, 4) is 17.2 Å². The van der Waals surface area contributed by atoms with Crippen molar-refractivity contribution in [3.05, 3.63) is 149 Å². The Morgan fingerprint density at radius 2 is 0.938 bits per heavy atom. The molecule has 0 saturated heterocycles. The third-order valence-corrected chi connectivity index (χ3v) is 8.01. The number of rotatable bonds is 11. The van der Waals surface area contributed by atoms with E-state index < -0.39 is 11.9 Å². The molecule has 7 nitrogen and oxygen atoms in total. The first-order valence-electron chi connectivity index (χ1n) is 14.7. The summed E-state index contributed by atoms with van der Waals surface area (Å²) < 4.78 is 18.6. The minimum atomic E-state index is -1.24. The van der Waals surface area contributed by atoms with E-state index in [0.29, 0.717) is 11.5 Å². The first-order valence-corrected chi connectivity index (χ1v) is 14.7. The van der Waals surface area contributed by atoms with Crippen LogP contribution in [-0.2, 0) is 19.8 Å². The van der Waals surface area contributed by atoms with Crippen LogP contribution in [0.25, 0.3) is 32.3 Å². The van der Waals surface area contributed by atoms with E-state index in [1.165, 1.54) is 45.8 Å². The summed E-state index contributed by atoms with van der Waals surface area (Å²) in [6.07, 6.45) is 0. The van der Waals surface area contributed by atoms with Gasteiger partial charge in [0, 0.05) is 16.8 Å². The second-order valence-electron chi connectivity index (χ2n) is 11.1. The molecule has 0 aliphatic carbocycles. The molecule has 0 aliphatic heterocycles. The van der Waals surface area contributed by atoms with Gasteiger partial charge in [0.25, 0.3) is 0 Å². The Morgan fingerprint density at radius 3 is 1.46 bits per heavy atom. The molecule has 48 heavy (non-hydrogen) atoms. The van der Waals surface area contributed by atoms with Crippen LogP contribution in [0.5, 0.6) is 17.2 Å². The van der Waals surface area contributed by atoms with Crippen LogP contribution in [0, 0.1) is 0 Å². The van der Waals surface area contributed by atoms with E-state index >= 15 is 0 Å². The molecule has 0 aromatic heterocycles. The monoisotopic (exact) mass is 684 g/mol. The van der Waals surface area contributed by atoms with Crippen LogP contribution in [0.1, 0.15) is 37.4 Å². The second-order valence-corrected chi connectivity index (χ2v) is 11.1. The topological polar surface area (TPSA) is 108 Å². The number of carbonyl (C=O) groups excluding carboxylic acids is 2. The Morgan fingerprint density at radius 1 is 0.479 bits per heavy atom. The van der Waals surface area contributed by atoms with Crippen LogP contribution in [-0.4, -0.2) is 11.9 Å². The molecule has 0 N–H and O–H groups in total. The van der Waals surface area contributed by atoms with Crippen LogP contribution in [0.2, 0.25) is 0 Å². The number of ether oxygens (including phenoxy) is 3. The Balaban J connectivity index is 0.00000225. The molecule has 0 heterocycles. The molecule has 9 heteroatoms. The SMILES string of the molecule is O=C([O-])c1ccc(COc2cc(COc3ccc4ccc5cccc6ccc3c4c56)cc(OCc3ccc(C(=O)[O-])cc3)c2)cc1.[K+].[K+]. The van der Waals surface area contributed by atoms with E-state index in [4.69, 9.17) is 14.2 Å². The number of carboxylic acids is 2. The summed E-state index contributed by atoms with van der Waals surface area (Å²) >= 11 is 0. The van der Waals surface area contributed by atoms with Crippen molar-refractivity contribution in [1.29, 1.82) is 0 Å². The summed E-state index contributed by atoms with van der Waals surface area (Å²) in [7, 11) is 0. The number of carbonyl (C=O) groups is 2. The van der Waals surface area contributed by atoms with E-state index in [1.54, 1.807) is 30.3 Å². The number of hydrogen-bond donors (Lipinski definition) is 0. The maximum Gasteiger partial charge on any atom is 1.00 e. The summed E-state index contributed by atoms with van der Waals surface area (Å²) in [5.74, 6) is -0.618.